The molecule has 3 aromatic heterocycles. The zero-order valence-corrected chi connectivity index (χ0v) is 17.2. The van der Waals surface area contributed by atoms with Gasteiger partial charge in [-0.3, -0.25) is 9.97 Å². The van der Waals surface area contributed by atoms with Gasteiger partial charge in [-0.1, -0.05) is 0 Å². The zero-order chi connectivity index (χ0) is 21.0. The fraction of sp³-hybridized carbons (Fsp3) is 0.364. The van der Waals surface area contributed by atoms with E-state index < -0.39 is 11.1 Å². The summed E-state index contributed by atoms with van der Waals surface area (Å²) in [5.41, 5.74) is 8.82. The minimum Gasteiger partial charge on any atom is -0.481 e. The lowest BCUT2D eigenvalue weighted by Crippen LogP contribution is -2.29. The number of methoxy groups -OCH3 is 1. The summed E-state index contributed by atoms with van der Waals surface area (Å²) in [5.74, 6) is 0.183. The van der Waals surface area contributed by atoms with Crippen molar-refractivity contribution in [1.82, 2.24) is 15.0 Å². The number of hydrogen-bond donors (Lipinski definition) is 1. The van der Waals surface area contributed by atoms with E-state index in [0.29, 0.717) is 23.6 Å². The number of rotatable bonds is 4. The van der Waals surface area contributed by atoms with E-state index in [2.05, 4.69) is 15.0 Å². The highest BCUT2D eigenvalue weighted by Gasteiger charge is 2.39. The molecule has 0 fully saturated rings. The molecule has 1 aliphatic rings. The summed E-state index contributed by atoms with van der Waals surface area (Å²) in [4.78, 5) is 25.6. The molecule has 0 unspecified atom stereocenters. The number of esters is 1. The molecule has 4 rings (SSSR count). The van der Waals surface area contributed by atoms with Gasteiger partial charge in [0.25, 0.3) is 0 Å². The third kappa shape index (κ3) is 3.31. The number of nitrogens with zero attached hydrogens (tertiary/aromatic N) is 3. The van der Waals surface area contributed by atoms with Crippen LogP contribution >= 0.6 is 0 Å². The molecule has 0 aliphatic carbocycles. The van der Waals surface area contributed by atoms with Crippen LogP contribution in [-0.4, -0.2) is 28.0 Å². The molecule has 3 aromatic rings. The molecule has 0 bridgehead atoms. The van der Waals surface area contributed by atoms with Gasteiger partial charge in [0.1, 0.15) is 5.60 Å². The van der Waals surface area contributed by atoms with Crippen molar-refractivity contribution in [3.8, 4) is 5.88 Å². The predicted octanol–water partition coefficient (Wildman–Crippen LogP) is 3.22. The van der Waals surface area contributed by atoms with Crippen LogP contribution in [0.4, 0.5) is 0 Å². The minimum atomic E-state index is -0.727. The summed E-state index contributed by atoms with van der Waals surface area (Å²) in [5, 5.41) is 1.77. The van der Waals surface area contributed by atoms with E-state index in [1.165, 1.54) is 0 Å². The number of nitrogens with two attached hydrogens (primary N) is 1. The molecular weight excluding hydrogens is 368 g/mol. The zero-order valence-electron chi connectivity index (χ0n) is 17.2. The lowest BCUT2D eigenvalue weighted by molar-refractivity contribution is 0.00827. The van der Waals surface area contributed by atoms with Gasteiger partial charge >= 0.3 is 5.97 Å². The van der Waals surface area contributed by atoms with Crippen molar-refractivity contribution in [2.45, 2.75) is 45.3 Å². The van der Waals surface area contributed by atoms with Gasteiger partial charge in [0.05, 0.1) is 23.8 Å². The van der Waals surface area contributed by atoms with Gasteiger partial charge in [0.15, 0.2) is 0 Å². The first kappa shape index (κ1) is 19.3. The second-order valence-electron chi connectivity index (χ2n) is 8.40. The molecule has 0 aromatic carbocycles. The topological polar surface area (TPSA) is 100 Å². The van der Waals surface area contributed by atoms with Gasteiger partial charge in [0.2, 0.25) is 5.88 Å². The minimum absolute atomic E-state index is 0.331. The first-order valence-electron chi connectivity index (χ1n) is 9.45. The summed E-state index contributed by atoms with van der Waals surface area (Å²) in [6.45, 7) is 7.57. The highest BCUT2D eigenvalue weighted by Crippen LogP contribution is 2.35. The van der Waals surface area contributed by atoms with E-state index in [1.54, 1.807) is 25.6 Å². The highest BCUT2D eigenvalue weighted by molar-refractivity contribution is 5.94. The van der Waals surface area contributed by atoms with Crippen LogP contribution in [-0.2, 0) is 22.3 Å². The summed E-state index contributed by atoms with van der Waals surface area (Å²) in [6.07, 6.45) is 4.03. The van der Waals surface area contributed by atoms with Crippen molar-refractivity contribution in [2.75, 3.05) is 7.11 Å². The summed E-state index contributed by atoms with van der Waals surface area (Å²) < 4.78 is 10.8. The van der Waals surface area contributed by atoms with Crippen molar-refractivity contribution in [1.29, 1.82) is 0 Å². The lowest BCUT2D eigenvalue weighted by atomic mass is 9.92. The molecule has 0 atom stereocenters. The van der Waals surface area contributed by atoms with Crippen LogP contribution in [0.5, 0.6) is 5.88 Å². The molecular formula is C22H24N4O3. The first-order valence-corrected chi connectivity index (χ1v) is 9.45. The number of pyridine rings is 3. The van der Waals surface area contributed by atoms with Gasteiger partial charge in [-0.05, 0) is 56.8 Å². The number of hydrogen-bond acceptors (Lipinski definition) is 7. The Kier molecular flexibility index (Phi) is 4.31. The average Bonchev–Trinajstić information content (AvgIpc) is 2.88. The molecule has 0 saturated carbocycles. The quantitative estimate of drug-likeness (QED) is 0.680. The average molecular weight is 392 g/mol. The standard InChI is InChI=1S/C22H24N4O3/c1-21(2,23)17-11-25-19(28-5)16-10-24-13(9-15(16)17)8-12-6-7-14-18(26-12)22(3,4)29-20(14)27/h6-7,9-11H,8,23H2,1-5H3. The van der Waals surface area contributed by atoms with E-state index in [4.69, 9.17) is 15.2 Å². The first-order chi connectivity index (χ1) is 13.6. The van der Waals surface area contributed by atoms with Crippen molar-refractivity contribution in [3.05, 3.63) is 58.8 Å². The van der Waals surface area contributed by atoms with Gasteiger partial charge in [-0.2, -0.15) is 0 Å². The Hall–Kier alpha value is -3.06. The maximum atomic E-state index is 12.0. The number of carbonyl (C=O) groups is 1. The summed E-state index contributed by atoms with van der Waals surface area (Å²) in [7, 11) is 1.59. The SMILES string of the molecule is COc1ncc(C(C)(C)N)c2cc(Cc3ccc4c(n3)C(C)(C)OC4=O)ncc12. The molecule has 2 N–H and O–H groups in total. The fourth-order valence-corrected chi connectivity index (χ4v) is 3.67. The van der Waals surface area contributed by atoms with E-state index in [9.17, 15) is 4.79 Å². The molecule has 7 nitrogen and oxygen atoms in total. The maximum Gasteiger partial charge on any atom is 0.341 e. The molecule has 1 aliphatic heterocycles. The molecule has 7 heteroatoms. The Morgan fingerprint density at radius 2 is 1.90 bits per heavy atom. The van der Waals surface area contributed by atoms with Gasteiger partial charge in [0, 0.05) is 35.7 Å². The Labute approximate surface area is 169 Å². The number of fused-ring (bicyclic) bond motifs is 2. The molecule has 150 valence electrons. The van der Waals surface area contributed by atoms with Crippen LogP contribution in [0.1, 0.15) is 60.7 Å². The van der Waals surface area contributed by atoms with E-state index in [-0.39, 0.29) is 5.97 Å². The Morgan fingerprint density at radius 3 is 2.59 bits per heavy atom. The Balaban J connectivity index is 1.77. The molecule has 0 spiro atoms. The second-order valence-corrected chi connectivity index (χ2v) is 8.40. The molecule has 0 saturated heterocycles. The van der Waals surface area contributed by atoms with Crippen molar-refractivity contribution < 1.29 is 14.3 Å². The smallest absolute Gasteiger partial charge is 0.341 e. The number of cyclic esters (lactones) is 1. The van der Waals surface area contributed by atoms with Crippen molar-refractivity contribution in [3.63, 3.8) is 0 Å². The number of carbonyl (C=O) groups excluding carboxylic acids is 1. The Morgan fingerprint density at radius 1 is 1.14 bits per heavy atom. The van der Waals surface area contributed by atoms with Gasteiger partial charge in [-0.15, -0.1) is 0 Å². The lowest BCUT2D eigenvalue weighted by Gasteiger charge is -2.22. The van der Waals surface area contributed by atoms with Crippen molar-refractivity contribution >= 4 is 16.7 Å². The fourth-order valence-electron chi connectivity index (χ4n) is 3.67. The maximum absolute atomic E-state index is 12.0. The van der Waals surface area contributed by atoms with E-state index >= 15 is 0 Å². The van der Waals surface area contributed by atoms with Crippen molar-refractivity contribution in [2.24, 2.45) is 5.73 Å². The Bertz CT molecular complexity index is 1130. The molecule has 0 radical (unpaired) electrons. The third-order valence-electron chi connectivity index (χ3n) is 5.13. The monoisotopic (exact) mass is 392 g/mol. The number of aromatic nitrogens is 3. The molecule has 0 amide bonds. The number of ether oxygens (including phenoxy) is 2. The predicted molar refractivity (Wildman–Crippen MR) is 109 cm³/mol. The highest BCUT2D eigenvalue weighted by atomic mass is 16.6. The van der Waals surface area contributed by atoms with Crippen LogP contribution in [0.2, 0.25) is 0 Å². The van der Waals surface area contributed by atoms with Crippen LogP contribution in [0.15, 0.2) is 30.6 Å². The van der Waals surface area contributed by atoms with Crippen LogP contribution in [0, 0.1) is 0 Å². The van der Waals surface area contributed by atoms with Crippen LogP contribution in [0.25, 0.3) is 10.8 Å². The second kappa shape index (κ2) is 6.49. The van der Waals surface area contributed by atoms with Crippen LogP contribution in [0.3, 0.4) is 0 Å². The molecule has 4 heterocycles. The third-order valence-corrected chi connectivity index (χ3v) is 5.13. The van der Waals surface area contributed by atoms with Crippen LogP contribution < -0.4 is 10.5 Å². The molecule has 29 heavy (non-hydrogen) atoms. The van der Waals surface area contributed by atoms with Gasteiger partial charge in [-0.25, -0.2) is 9.78 Å². The summed E-state index contributed by atoms with van der Waals surface area (Å²) >= 11 is 0. The van der Waals surface area contributed by atoms with E-state index in [1.807, 2.05) is 39.8 Å². The normalized spacial score (nSPS) is 15.3. The van der Waals surface area contributed by atoms with E-state index in [0.717, 1.165) is 27.7 Å². The largest absolute Gasteiger partial charge is 0.481 e. The summed E-state index contributed by atoms with van der Waals surface area (Å²) in [6, 6.07) is 5.62. The van der Waals surface area contributed by atoms with Gasteiger partial charge < -0.3 is 15.2 Å².